The third-order valence-corrected chi connectivity index (χ3v) is 3.61. The van der Waals surface area contributed by atoms with Crippen LogP contribution in [-0.2, 0) is 6.54 Å². The van der Waals surface area contributed by atoms with Gasteiger partial charge in [0.15, 0.2) is 0 Å². The summed E-state index contributed by atoms with van der Waals surface area (Å²) in [6, 6.07) is 6.10. The number of likely N-dealkylation sites (N-methyl/N-ethyl adjacent to an activating group) is 1. The predicted octanol–water partition coefficient (Wildman–Crippen LogP) is 2.76. The van der Waals surface area contributed by atoms with Crippen LogP contribution in [-0.4, -0.2) is 33.7 Å². The second kappa shape index (κ2) is 6.86. The Bertz CT molecular complexity index is 361. The predicted molar refractivity (Wildman–Crippen MR) is 75.5 cm³/mol. The minimum Gasteiger partial charge on any atom is -0.389 e. The molecule has 0 spiro atoms. The maximum absolute atomic E-state index is 10.4. The topological polar surface area (TPSA) is 36.4 Å². The van der Waals surface area contributed by atoms with E-state index in [4.69, 9.17) is 0 Å². The van der Waals surface area contributed by atoms with E-state index < -0.39 is 5.60 Å². The molecule has 1 N–H and O–H groups in total. The molecule has 0 atom stereocenters. The van der Waals surface area contributed by atoms with Gasteiger partial charge in [0.05, 0.1) is 11.3 Å². The van der Waals surface area contributed by atoms with Crippen molar-refractivity contribution in [3.63, 3.8) is 0 Å². The largest absolute Gasteiger partial charge is 0.389 e. The molecular formula is C15H26N2O. The highest BCUT2D eigenvalue weighted by Crippen LogP contribution is 2.17. The van der Waals surface area contributed by atoms with Crippen LogP contribution in [0.15, 0.2) is 18.2 Å². The lowest BCUT2D eigenvalue weighted by Gasteiger charge is -2.32. The van der Waals surface area contributed by atoms with Crippen LogP contribution in [0.4, 0.5) is 0 Å². The summed E-state index contributed by atoms with van der Waals surface area (Å²) < 4.78 is 0. The molecule has 0 fully saturated rings. The Balaban J connectivity index is 2.67. The van der Waals surface area contributed by atoms with Crippen LogP contribution >= 0.6 is 0 Å². The van der Waals surface area contributed by atoms with E-state index in [-0.39, 0.29) is 0 Å². The number of aryl methyl sites for hydroxylation is 1. The summed E-state index contributed by atoms with van der Waals surface area (Å²) in [5, 5.41) is 10.4. The summed E-state index contributed by atoms with van der Waals surface area (Å²) in [7, 11) is 0. The fraction of sp³-hybridized carbons (Fsp3) is 0.667. The lowest BCUT2D eigenvalue weighted by atomic mass is 9.96. The van der Waals surface area contributed by atoms with Crippen LogP contribution < -0.4 is 0 Å². The second-order valence-corrected chi connectivity index (χ2v) is 5.01. The molecule has 0 bridgehead atoms. The van der Waals surface area contributed by atoms with Crippen molar-refractivity contribution in [1.29, 1.82) is 0 Å². The summed E-state index contributed by atoms with van der Waals surface area (Å²) in [6.07, 6.45) is 1.59. The van der Waals surface area contributed by atoms with Gasteiger partial charge in [0.2, 0.25) is 0 Å². The zero-order valence-electron chi connectivity index (χ0n) is 12.1. The SMILES string of the molecule is CCN(Cc1cccc(C)n1)CC(O)(CC)CC. The van der Waals surface area contributed by atoms with Gasteiger partial charge in [0, 0.05) is 18.8 Å². The van der Waals surface area contributed by atoms with Crippen molar-refractivity contribution in [1.82, 2.24) is 9.88 Å². The van der Waals surface area contributed by atoms with Gasteiger partial charge in [0.1, 0.15) is 0 Å². The van der Waals surface area contributed by atoms with Gasteiger partial charge < -0.3 is 5.11 Å². The molecule has 0 aromatic carbocycles. The van der Waals surface area contributed by atoms with Crippen LogP contribution in [0.25, 0.3) is 0 Å². The molecular weight excluding hydrogens is 224 g/mol. The van der Waals surface area contributed by atoms with Crippen molar-refractivity contribution in [3.8, 4) is 0 Å². The van der Waals surface area contributed by atoms with Crippen molar-refractivity contribution in [3.05, 3.63) is 29.6 Å². The van der Waals surface area contributed by atoms with Gasteiger partial charge in [-0.1, -0.05) is 26.8 Å². The minimum atomic E-state index is -0.570. The number of pyridine rings is 1. The fourth-order valence-electron chi connectivity index (χ4n) is 2.09. The number of nitrogens with zero attached hydrogens (tertiary/aromatic N) is 2. The lowest BCUT2D eigenvalue weighted by molar-refractivity contribution is -0.00449. The Morgan fingerprint density at radius 1 is 1.22 bits per heavy atom. The van der Waals surface area contributed by atoms with Gasteiger partial charge in [-0.2, -0.15) is 0 Å². The van der Waals surface area contributed by atoms with Gasteiger partial charge in [-0.15, -0.1) is 0 Å². The molecule has 3 nitrogen and oxygen atoms in total. The maximum atomic E-state index is 10.4. The van der Waals surface area contributed by atoms with E-state index in [0.29, 0.717) is 6.54 Å². The minimum absolute atomic E-state index is 0.570. The zero-order chi connectivity index (χ0) is 13.6. The van der Waals surface area contributed by atoms with Crippen molar-refractivity contribution < 1.29 is 5.11 Å². The van der Waals surface area contributed by atoms with E-state index in [0.717, 1.165) is 37.3 Å². The number of aliphatic hydroxyl groups is 1. The molecule has 0 aliphatic carbocycles. The van der Waals surface area contributed by atoms with Crippen LogP contribution in [0, 0.1) is 6.92 Å². The summed E-state index contributed by atoms with van der Waals surface area (Å²) in [5.41, 5.74) is 1.55. The Morgan fingerprint density at radius 2 is 1.89 bits per heavy atom. The summed E-state index contributed by atoms with van der Waals surface area (Å²) in [5.74, 6) is 0. The summed E-state index contributed by atoms with van der Waals surface area (Å²) in [6.45, 7) is 10.7. The Labute approximate surface area is 111 Å². The molecule has 0 radical (unpaired) electrons. The second-order valence-electron chi connectivity index (χ2n) is 5.01. The molecule has 1 heterocycles. The number of hydrogen-bond donors (Lipinski definition) is 1. The average Bonchev–Trinajstić information content (AvgIpc) is 2.38. The van der Waals surface area contributed by atoms with Crippen molar-refractivity contribution in [2.24, 2.45) is 0 Å². The van der Waals surface area contributed by atoms with Gasteiger partial charge >= 0.3 is 0 Å². The molecule has 1 aromatic heterocycles. The molecule has 3 heteroatoms. The maximum Gasteiger partial charge on any atom is 0.0769 e. The van der Waals surface area contributed by atoms with E-state index in [9.17, 15) is 5.11 Å². The smallest absolute Gasteiger partial charge is 0.0769 e. The van der Waals surface area contributed by atoms with Gasteiger partial charge in [-0.25, -0.2) is 0 Å². The zero-order valence-corrected chi connectivity index (χ0v) is 12.1. The molecule has 0 unspecified atom stereocenters. The third-order valence-electron chi connectivity index (χ3n) is 3.61. The summed E-state index contributed by atoms with van der Waals surface area (Å²) >= 11 is 0. The molecule has 0 saturated carbocycles. The van der Waals surface area contributed by atoms with Crippen LogP contribution in [0.5, 0.6) is 0 Å². The normalized spacial score (nSPS) is 12.1. The monoisotopic (exact) mass is 250 g/mol. The first-order valence-corrected chi connectivity index (χ1v) is 6.90. The Hall–Kier alpha value is -0.930. The third kappa shape index (κ3) is 4.39. The van der Waals surface area contributed by atoms with Crippen LogP contribution in [0.3, 0.4) is 0 Å². The standard InChI is InChI=1S/C15H26N2O/c1-5-15(18,6-2)12-17(7-3)11-14-10-8-9-13(4)16-14/h8-10,18H,5-7,11-12H2,1-4H3. The number of hydrogen-bond acceptors (Lipinski definition) is 3. The van der Waals surface area contributed by atoms with Crippen LogP contribution in [0.1, 0.15) is 45.0 Å². The van der Waals surface area contributed by atoms with Gasteiger partial charge in [-0.3, -0.25) is 9.88 Å². The van der Waals surface area contributed by atoms with Crippen molar-refractivity contribution in [2.75, 3.05) is 13.1 Å². The van der Waals surface area contributed by atoms with E-state index in [1.54, 1.807) is 0 Å². The highest BCUT2D eigenvalue weighted by Gasteiger charge is 2.25. The van der Waals surface area contributed by atoms with Gasteiger partial charge in [-0.05, 0) is 38.4 Å². The molecule has 0 aliphatic heterocycles. The quantitative estimate of drug-likeness (QED) is 0.808. The van der Waals surface area contributed by atoms with Gasteiger partial charge in [0.25, 0.3) is 0 Å². The van der Waals surface area contributed by atoms with E-state index >= 15 is 0 Å². The average molecular weight is 250 g/mol. The van der Waals surface area contributed by atoms with Crippen LogP contribution in [0.2, 0.25) is 0 Å². The molecule has 0 amide bonds. The number of aromatic nitrogens is 1. The molecule has 102 valence electrons. The first-order valence-electron chi connectivity index (χ1n) is 6.90. The molecule has 1 rings (SSSR count). The molecule has 18 heavy (non-hydrogen) atoms. The fourth-order valence-corrected chi connectivity index (χ4v) is 2.09. The summed E-state index contributed by atoms with van der Waals surface area (Å²) in [4.78, 5) is 6.78. The first-order chi connectivity index (χ1) is 8.53. The van der Waals surface area contributed by atoms with Crippen molar-refractivity contribution >= 4 is 0 Å². The highest BCUT2D eigenvalue weighted by molar-refractivity contribution is 5.09. The molecule has 1 aromatic rings. The van der Waals surface area contributed by atoms with E-state index in [1.807, 2.05) is 39.0 Å². The first kappa shape index (κ1) is 15.1. The Kier molecular flexibility index (Phi) is 5.76. The molecule has 0 saturated heterocycles. The lowest BCUT2D eigenvalue weighted by Crippen LogP contribution is -2.42. The van der Waals surface area contributed by atoms with Crippen molar-refractivity contribution in [2.45, 2.75) is 52.7 Å². The van der Waals surface area contributed by atoms with E-state index in [1.165, 1.54) is 0 Å². The molecule has 0 aliphatic rings. The Morgan fingerprint density at radius 3 is 2.39 bits per heavy atom. The van der Waals surface area contributed by atoms with E-state index in [2.05, 4.69) is 16.8 Å². The number of rotatable bonds is 7. The highest BCUT2D eigenvalue weighted by atomic mass is 16.3.